The van der Waals surface area contributed by atoms with E-state index >= 15 is 0 Å². The van der Waals surface area contributed by atoms with Crippen molar-refractivity contribution >= 4 is 11.9 Å². The summed E-state index contributed by atoms with van der Waals surface area (Å²) in [6.45, 7) is 2.81. The zero-order chi connectivity index (χ0) is 17.6. The van der Waals surface area contributed by atoms with Gasteiger partial charge in [0.15, 0.2) is 0 Å². The van der Waals surface area contributed by atoms with Crippen molar-refractivity contribution in [3.05, 3.63) is 35.9 Å². The fourth-order valence-electron chi connectivity index (χ4n) is 2.05. The van der Waals surface area contributed by atoms with Crippen LogP contribution in [0, 0.1) is 11.8 Å². The highest BCUT2D eigenvalue weighted by molar-refractivity contribution is 5.85. The van der Waals surface area contributed by atoms with Gasteiger partial charge in [0, 0.05) is 0 Å². The second kappa shape index (κ2) is 7.98. The van der Waals surface area contributed by atoms with Crippen LogP contribution in [0.3, 0.4) is 0 Å². The lowest BCUT2D eigenvalue weighted by molar-refractivity contribution is -0.183. The smallest absolute Gasteiger partial charge is 0.351 e. The van der Waals surface area contributed by atoms with Gasteiger partial charge in [-0.15, -0.1) is 0 Å². The molecule has 0 aliphatic heterocycles. The number of hydrazine groups is 1. The molecule has 0 spiro atoms. The molecule has 0 fully saturated rings. The van der Waals surface area contributed by atoms with Crippen molar-refractivity contribution in [3.8, 4) is 0 Å². The number of esters is 1. The Balaban J connectivity index is 2.84. The summed E-state index contributed by atoms with van der Waals surface area (Å²) in [6.07, 6.45) is -2.55. The van der Waals surface area contributed by atoms with Crippen LogP contribution in [0.15, 0.2) is 30.3 Å². The van der Waals surface area contributed by atoms with Crippen LogP contribution in [-0.2, 0) is 20.9 Å². The SMILES string of the molecule is CC(C)C(C(=O)OCc1ccccc1)C(O)C(F)(F)C(=O)NN. The van der Waals surface area contributed by atoms with E-state index in [9.17, 15) is 23.5 Å². The van der Waals surface area contributed by atoms with Crippen molar-refractivity contribution in [3.63, 3.8) is 0 Å². The highest BCUT2D eigenvalue weighted by Crippen LogP contribution is 2.30. The first kappa shape index (κ1) is 19.0. The van der Waals surface area contributed by atoms with Gasteiger partial charge >= 0.3 is 17.8 Å². The van der Waals surface area contributed by atoms with Crippen LogP contribution in [-0.4, -0.2) is 29.0 Å². The Labute approximate surface area is 132 Å². The lowest BCUT2D eigenvalue weighted by atomic mass is 9.86. The average Bonchev–Trinajstić information content (AvgIpc) is 2.52. The lowest BCUT2D eigenvalue weighted by Crippen LogP contribution is -2.55. The molecule has 23 heavy (non-hydrogen) atoms. The predicted octanol–water partition coefficient (Wildman–Crippen LogP) is 0.988. The molecule has 0 saturated carbocycles. The van der Waals surface area contributed by atoms with E-state index in [4.69, 9.17) is 4.74 Å². The summed E-state index contributed by atoms with van der Waals surface area (Å²) in [5.74, 6) is -4.67. The second-order valence-corrected chi connectivity index (χ2v) is 5.40. The monoisotopic (exact) mass is 330 g/mol. The summed E-state index contributed by atoms with van der Waals surface area (Å²) in [5.41, 5.74) is 1.95. The predicted molar refractivity (Wildman–Crippen MR) is 77.8 cm³/mol. The highest BCUT2D eigenvalue weighted by atomic mass is 19.3. The Kier molecular flexibility index (Phi) is 6.59. The van der Waals surface area contributed by atoms with Crippen molar-refractivity contribution in [2.75, 3.05) is 0 Å². The minimum atomic E-state index is -4.21. The highest BCUT2D eigenvalue weighted by Gasteiger charge is 2.53. The molecule has 2 unspecified atom stereocenters. The van der Waals surface area contributed by atoms with Crippen LogP contribution in [0.25, 0.3) is 0 Å². The van der Waals surface area contributed by atoms with Gasteiger partial charge in [-0.05, 0) is 11.5 Å². The zero-order valence-corrected chi connectivity index (χ0v) is 12.8. The fraction of sp³-hybridized carbons (Fsp3) is 0.467. The van der Waals surface area contributed by atoms with Crippen molar-refractivity contribution in [1.82, 2.24) is 5.43 Å². The number of halogens is 2. The molecule has 4 N–H and O–H groups in total. The summed E-state index contributed by atoms with van der Waals surface area (Å²) in [4.78, 5) is 23.2. The number of nitrogens with one attached hydrogen (secondary N) is 1. The number of hydrogen-bond donors (Lipinski definition) is 3. The molecule has 0 heterocycles. The molecule has 6 nitrogen and oxygen atoms in total. The number of amides is 1. The maximum atomic E-state index is 13.8. The van der Waals surface area contributed by atoms with Crippen LogP contribution < -0.4 is 11.3 Å². The molecule has 0 saturated heterocycles. The molecule has 128 valence electrons. The van der Waals surface area contributed by atoms with E-state index in [1.165, 1.54) is 19.3 Å². The molecule has 0 aliphatic rings. The molecule has 1 rings (SSSR count). The van der Waals surface area contributed by atoms with E-state index in [0.29, 0.717) is 5.56 Å². The number of aliphatic hydroxyl groups is 1. The molecule has 0 aromatic heterocycles. The molecule has 1 amide bonds. The van der Waals surface area contributed by atoms with Crippen molar-refractivity contribution < 1.29 is 28.2 Å². The van der Waals surface area contributed by atoms with Gasteiger partial charge in [-0.3, -0.25) is 15.0 Å². The van der Waals surface area contributed by atoms with Crippen LogP contribution in [0.1, 0.15) is 19.4 Å². The van der Waals surface area contributed by atoms with E-state index < -0.39 is 35.7 Å². The Bertz CT molecular complexity index is 538. The standard InChI is InChI=1S/C15H20F2N2O4/c1-9(2)11(12(20)15(16,17)14(22)19-18)13(21)23-8-10-6-4-3-5-7-10/h3-7,9,11-12,20H,8,18H2,1-2H3,(H,19,22). The third kappa shape index (κ3) is 4.70. The Morgan fingerprint density at radius 3 is 2.35 bits per heavy atom. The van der Waals surface area contributed by atoms with Gasteiger partial charge in [0.2, 0.25) is 0 Å². The number of nitrogens with two attached hydrogens (primary N) is 1. The lowest BCUT2D eigenvalue weighted by Gasteiger charge is -2.29. The normalized spacial score (nSPS) is 14.2. The molecule has 0 aliphatic carbocycles. The van der Waals surface area contributed by atoms with Crippen molar-refractivity contribution in [2.24, 2.45) is 17.7 Å². The summed E-state index contributed by atoms with van der Waals surface area (Å²) in [5, 5.41) is 9.81. The number of carbonyl (C=O) groups is 2. The average molecular weight is 330 g/mol. The van der Waals surface area contributed by atoms with Gasteiger partial charge in [-0.1, -0.05) is 44.2 Å². The largest absolute Gasteiger partial charge is 0.461 e. The number of alkyl halides is 2. The molecule has 1 aromatic carbocycles. The summed E-state index contributed by atoms with van der Waals surface area (Å²) < 4.78 is 32.6. The molecular formula is C15H20F2N2O4. The van der Waals surface area contributed by atoms with Crippen LogP contribution in [0.2, 0.25) is 0 Å². The van der Waals surface area contributed by atoms with Gasteiger partial charge in [0.1, 0.15) is 12.7 Å². The maximum absolute atomic E-state index is 13.8. The Hall–Kier alpha value is -2.06. The summed E-state index contributed by atoms with van der Waals surface area (Å²) in [7, 11) is 0. The zero-order valence-electron chi connectivity index (χ0n) is 12.8. The minimum Gasteiger partial charge on any atom is -0.461 e. The quantitative estimate of drug-likeness (QED) is 0.299. The van der Waals surface area contributed by atoms with E-state index in [1.807, 2.05) is 0 Å². The third-order valence-electron chi connectivity index (χ3n) is 3.36. The fourth-order valence-corrected chi connectivity index (χ4v) is 2.05. The first-order valence-electron chi connectivity index (χ1n) is 6.99. The molecule has 8 heteroatoms. The van der Waals surface area contributed by atoms with Crippen LogP contribution >= 0.6 is 0 Å². The van der Waals surface area contributed by atoms with Crippen molar-refractivity contribution in [2.45, 2.75) is 32.5 Å². The van der Waals surface area contributed by atoms with E-state index in [-0.39, 0.29) is 6.61 Å². The van der Waals surface area contributed by atoms with Gasteiger partial charge in [0.25, 0.3) is 0 Å². The Morgan fingerprint density at radius 2 is 1.87 bits per heavy atom. The summed E-state index contributed by atoms with van der Waals surface area (Å²) in [6, 6.07) is 8.64. The van der Waals surface area contributed by atoms with E-state index in [0.717, 1.165) is 0 Å². The van der Waals surface area contributed by atoms with Gasteiger partial charge < -0.3 is 9.84 Å². The van der Waals surface area contributed by atoms with Gasteiger partial charge in [0.05, 0.1) is 5.92 Å². The number of benzene rings is 1. The number of ether oxygens (including phenoxy) is 1. The summed E-state index contributed by atoms with van der Waals surface area (Å²) >= 11 is 0. The van der Waals surface area contributed by atoms with Gasteiger partial charge in [-0.2, -0.15) is 8.78 Å². The number of carbonyl (C=O) groups excluding carboxylic acids is 2. The first-order chi connectivity index (χ1) is 10.7. The molecular weight excluding hydrogens is 310 g/mol. The molecule has 0 bridgehead atoms. The molecule has 1 aromatic rings. The number of aliphatic hydroxyl groups excluding tert-OH is 1. The Morgan fingerprint density at radius 1 is 1.30 bits per heavy atom. The van der Waals surface area contributed by atoms with Crippen molar-refractivity contribution in [1.29, 1.82) is 0 Å². The number of rotatable bonds is 7. The molecule has 2 atom stereocenters. The van der Waals surface area contributed by atoms with Crippen LogP contribution in [0.5, 0.6) is 0 Å². The first-order valence-corrected chi connectivity index (χ1v) is 6.99. The van der Waals surface area contributed by atoms with Crippen LogP contribution in [0.4, 0.5) is 8.78 Å². The minimum absolute atomic E-state index is 0.121. The number of hydrogen-bond acceptors (Lipinski definition) is 5. The second-order valence-electron chi connectivity index (χ2n) is 5.40. The molecule has 0 radical (unpaired) electrons. The van der Waals surface area contributed by atoms with Gasteiger partial charge in [-0.25, -0.2) is 5.84 Å². The third-order valence-corrected chi connectivity index (χ3v) is 3.36. The van der Waals surface area contributed by atoms with E-state index in [1.54, 1.807) is 30.3 Å². The topological polar surface area (TPSA) is 102 Å². The van der Waals surface area contributed by atoms with E-state index in [2.05, 4.69) is 5.84 Å². The maximum Gasteiger partial charge on any atom is 0.351 e.